The van der Waals surface area contributed by atoms with Gasteiger partial charge in [-0.2, -0.15) is 0 Å². The second kappa shape index (κ2) is 4.47. The molecule has 0 fully saturated rings. The molecule has 0 aromatic heterocycles. The van der Waals surface area contributed by atoms with E-state index in [1.807, 2.05) is 0 Å². The van der Waals surface area contributed by atoms with Crippen molar-refractivity contribution in [3.63, 3.8) is 0 Å². The van der Waals surface area contributed by atoms with Gasteiger partial charge >= 0.3 is 0 Å². The quantitative estimate of drug-likeness (QED) is 0.559. The lowest BCUT2D eigenvalue weighted by atomic mass is 10.0. The topological polar surface area (TPSA) is 17.1 Å². The van der Waals surface area contributed by atoms with Crippen LogP contribution in [-0.2, 0) is 0 Å². The van der Waals surface area contributed by atoms with E-state index in [1.54, 1.807) is 13.8 Å². The van der Waals surface area contributed by atoms with E-state index in [0.717, 1.165) is 12.1 Å². The van der Waals surface area contributed by atoms with Crippen LogP contribution in [0.1, 0.15) is 30.6 Å². The number of hydrogen-bond acceptors (Lipinski definition) is 1. The molecule has 0 unspecified atom stereocenters. The molecule has 0 aliphatic heterocycles. The molecule has 1 aromatic carbocycles. The smallest absolute Gasteiger partial charge is 0.195 e. The molecule has 0 bridgehead atoms. The first kappa shape index (κ1) is 11.8. The molecule has 0 aliphatic carbocycles. The van der Waals surface area contributed by atoms with E-state index in [9.17, 15) is 18.0 Å². The van der Waals surface area contributed by atoms with E-state index >= 15 is 0 Å². The van der Waals surface area contributed by atoms with E-state index in [1.165, 1.54) is 0 Å². The maximum atomic E-state index is 13.1. The molecule has 0 atom stereocenters. The van der Waals surface area contributed by atoms with Crippen molar-refractivity contribution < 1.29 is 18.0 Å². The van der Waals surface area contributed by atoms with Crippen molar-refractivity contribution in [3.8, 4) is 0 Å². The van der Waals surface area contributed by atoms with Crippen LogP contribution in [0.3, 0.4) is 0 Å². The molecule has 0 saturated heterocycles. The van der Waals surface area contributed by atoms with Gasteiger partial charge in [0, 0.05) is 6.42 Å². The Morgan fingerprint density at radius 3 is 2.33 bits per heavy atom. The van der Waals surface area contributed by atoms with Gasteiger partial charge < -0.3 is 0 Å². The molecule has 1 rings (SSSR count). The van der Waals surface area contributed by atoms with Crippen LogP contribution in [0.25, 0.3) is 0 Å². The predicted molar refractivity (Wildman–Crippen MR) is 50.1 cm³/mol. The Bertz CT molecular complexity index is 386. The number of Topliss-reactive ketones (excluding diaryl/α,β-unsaturated/α-hetero) is 1. The second-order valence-electron chi connectivity index (χ2n) is 3.74. The van der Waals surface area contributed by atoms with Crippen molar-refractivity contribution in [1.82, 2.24) is 0 Å². The van der Waals surface area contributed by atoms with Crippen LogP contribution in [0.15, 0.2) is 12.1 Å². The zero-order valence-corrected chi connectivity index (χ0v) is 8.48. The highest BCUT2D eigenvalue weighted by Gasteiger charge is 2.18. The van der Waals surface area contributed by atoms with Gasteiger partial charge in [0.05, 0.1) is 5.56 Å². The molecule has 0 spiro atoms. The van der Waals surface area contributed by atoms with E-state index in [-0.39, 0.29) is 17.9 Å². The summed E-state index contributed by atoms with van der Waals surface area (Å²) < 4.78 is 38.5. The van der Waals surface area contributed by atoms with Crippen LogP contribution >= 0.6 is 0 Å². The first-order valence-electron chi connectivity index (χ1n) is 4.60. The standard InChI is InChI=1S/C11H11F3O/c1-6(2)5-9(15)7-3-4-8(12)11(14)10(7)13/h3-4,6H,5H2,1-2H3. The summed E-state index contributed by atoms with van der Waals surface area (Å²) in [6.07, 6.45) is 0.113. The Morgan fingerprint density at radius 1 is 1.20 bits per heavy atom. The zero-order chi connectivity index (χ0) is 11.6. The van der Waals surface area contributed by atoms with Crippen molar-refractivity contribution in [3.05, 3.63) is 35.1 Å². The number of halogens is 3. The summed E-state index contributed by atoms with van der Waals surface area (Å²) in [4.78, 5) is 11.4. The van der Waals surface area contributed by atoms with Crippen molar-refractivity contribution in [1.29, 1.82) is 0 Å². The monoisotopic (exact) mass is 216 g/mol. The summed E-state index contributed by atoms with van der Waals surface area (Å²) in [6, 6.07) is 1.73. The molecule has 82 valence electrons. The predicted octanol–water partition coefficient (Wildman–Crippen LogP) is 3.33. The number of carbonyl (C=O) groups is 1. The fourth-order valence-corrected chi connectivity index (χ4v) is 1.22. The lowest BCUT2D eigenvalue weighted by Gasteiger charge is -2.05. The van der Waals surface area contributed by atoms with Crippen LogP contribution < -0.4 is 0 Å². The third-order valence-electron chi connectivity index (χ3n) is 1.93. The highest BCUT2D eigenvalue weighted by molar-refractivity contribution is 5.96. The van der Waals surface area contributed by atoms with Gasteiger partial charge in [-0.3, -0.25) is 4.79 Å². The average Bonchev–Trinajstić information content (AvgIpc) is 2.13. The summed E-state index contributed by atoms with van der Waals surface area (Å²) >= 11 is 0. The molecular weight excluding hydrogens is 205 g/mol. The Morgan fingerprint density at radius 2 is 1.80 bits per heavy atom. The lowest BCUT2D eigenvalue weighted by Crippen LogP contribution is -2.08. The van der Waals surface area contributed by atoms with E-state index in [4.69, 9.17) is 0 Å². The Labute approximate surface area is 85.9 Å². The normalized spacial score (nSPS) is 10.8. The first-order valence-corrected chi connectivity index (χ1v) is 4.60. The number of carbonyl (C=O) groups excluding carboxylic acids is 1. The Hall–Kier alpha value is -1.32. The minimum Gasteiger partial charge on any atom is -0.294 e. The molecule has 0 radical (unpaired) electrons. The Kier molecular flexibility index (Phi) is 3.50. The minimum absolute atomic E-state index is 0.0463. The minimum atomic E-state index is -1.59. The van der Waals surface area contributed by atoms with Gasteiger partial charge in [-0.05, 0) is 18.1 Å². The van der Waals surface area contributed by atoms with E-state index in [2.05, 4.69) is 0 Å². The maximum Gasteiger partial charge on any atom is 0.195 e. The molecule has 0 aliphatic rings. The van der Waals surface area contributed by atoms with Crippen LogP contribution in [0.4, 0.5) is 13.2 Å². The third kappa shape index (κ3) is 2.58. The molecule has 0 saturated carbocycles. The molecule has 1 aromatic rings. The summed E-state index contributed by atoms with van der Waals surface area (Å²) in [5.74, 6) is -4.75. The molecule has 0 N–H and O–H groups in total. The third-order valence-corrected chi connectivity index (χ3v) is 1.93. The van der Waals surface area contributed by atoms with Crippen molar-refractivity contribution in [2.24, 2.45) is 5.92 Å². The fourth-order valence-electron chi connectivity index (χ4n) is 1.22. The molecular formula is C11H11F3O. The number of rotatable bonds is 3. The second-order valence-corrected chi connectivity index (χ2v) is 3.74. The average molecular weight is 216 g/mol. The van der Waals surface area contributed by atoms with Crippen molar-refractivity contribution in [2.75, 3.05) is 0 Å². The van der Waals surface area contributed by atoms with Crippen molar-refractivity contribution >= 4 is 5.78 Å². The maximum absolute atomic E-state index is 13.1. The summed E-state index contributed by atoms with van der Waals surface area (Å²) in [7, 11) is 0. The number of hydrogen-bond donors (Lipinski definition) is 0. The van der Waals surface area contributed by atoms with Crippen molar-refractivity contribution in [2.45, 2.75) is 20.3 Å². The van der Waals surface area contributed by atoms with Crippen LogP contribution in [0, 0.1) is 23.4 Å². The van der Waals surface area contributed by atoms with Gasteiger partial charge in [-0.15, -0.1) is 0 Å². The van der Waals surface area contributed by atoms with Gasteiger partial charge in [0.25, 0.3) is 0 Å². The molecule has 15 heavy (non-hydrogen) atoms. The summed E-state index contributed by atoms with van der Waals surface area (Å²) in [6.45, 7) is 3.57. The van der Waals surface area contributed by atoms with E-state index in [0.29, 0.717) is 0 Å². The molecule has 1 nitrogen and oxygen atoms in total. The van der Waals surface area contributed by atoms with Gasteiger partial charge in [0.15, 0.2) is 23.2 Å². The van der Waals surface area contributed by atoms with Gasteiger partial charge in [0.2, 0.25) is 0 Å². The van der Waals surface area contributed by atoms with E-state index < -0.39 is 23.2 Å². The molecule has 4 heteroatoms. The van der Waals surface area contributed by atoms with Crippen LogP contribution in [-0.4, -0.2) is 5.78 Å². The van der Waals surface area contributed by atoms with Crippen LogP contribution in [0.5, 0.6) is 0 Å². The SMILES string of the molecule is CC(C)CC(=O)c1ccc(F)c(F)c1F. The number of ketones is 1. The summed E-state index contributed by atoms with van der Waals surface area (Å²) in [5, 5.41) is 0. The fraction of sp³-hybridized carbons (Fsp3) is 0.364. The highest BCUT2D eigenvalue weighted by Crippen LogP contribution is 2.18. The summed E-state index contributed by atoms with van der Waals surface area (Å²) in [5.41, 5.74) is -0.386. The van der Waals surface area contributed by atoms with Gasteiger partial charge in [-0.1, -0.05) is 13.8 Å². The number of benzene rings is 1. The largest absolute Gasteiger partial charge is 0.294 e. The first-order chi connectivity index (χ1) is 6.93. The Balaban J connectivity index is 3.06. The molecule has 0 heterocycles. The molecule has 0 amide bonds. The lowest BCUT2D eigenvalue weighted by molar-refractivity contribution is 0.0962. The highest BCUT2D eigenvalue weighted by atomic mass is 19.2. The zero-order valence-electron chi connectivity index (χ0n) is 8.48. The van der Waals surface area contributed by atoms with Gasteiger partial charge in [-0.25, -0.2) is 13.2 Å². The van der Waals surface area contributed by atoms with Crippen LogP contribution in [0.2, 0.25) is 0 Å². The van der Waals surface area contributed by atoms with Gasteiger partial charge in [0.1, 0.15) is 0 Å².